The number of nitrogens with one attached hydrogen (secondary N) is 2. The van der Waals surface area contributed by atoms with Crippen molar-refractivity contribution in [3.8, 4) is 0 Å². The van der Waals surface area contributed by atoms with Crippen molar-refractivity contribution in [2.75, 3.05) is 6.54 Å². The van der Waals surface area contributed by atoms with E-state index in [1.54, 1.807) is 10.9 Å². The van der Waals surface area contributed by atoms with E-state index in [4.69, 9.17) is 4.74 Å². The Morgan fingerprint density at radius 2 is 1.67 bits per heavy atom. The molecule has 3 aromatic rings. The number of alkyl halides is 3. The quantitative estimate of drug-likeness (QED) is 0.347. The van der Waals surface area contributed by atoms with Crippen molar-refractivity contribution in [2.24, 2.45) is 5.92 Å². The number of ether oxygens (including phenoxy) is 1. The van der Waals surface area contributed by atoms with Crippen LogP contribution in [-0.4, -0.2) is 65.5 Å². The molecule has 2 N–H and O–H groups in total. The fourth-order valence-corrected chi connectivity index (χ4v) is 4.86. The maximum atomic E-state index is 12.8. The average Bonchev–Trinajstić information content (AvgIpc) is 3.73. The summed E-state index contributed by atoms with van der Waals surface area (Å²) in [6.45, 7) is 1.44. The Morgan fingerprint density at radius 3 is 2.26 bits per heavy atom. The van der Waals surface area contributed by atoms with Crippen LogP contribution >= 0.6 is 0 Å². The summed E-state index contributed by atoms with van der Waals surface area (Å²) in [6.07, 6.45) is 4.82. The normalized spacial score (nSPS) is 20.3. The third-order valence-corrected chi connectivity index (χ3v) is 6.90. The van der Waals surface area contributed by atoms with Gasteiger partial charge in [0, 0.05) is 31.7 Å². The molecule has 5 heterocycles. The SMILES string of the molecule is O=C(NCc1cc(C(F)(F)F)ccn1)c1cn(CCCCn2cc(C(=O)NC[C@@H]3CC4CCC3O4)nn2)nn1. The van der Waals surface area contributed by atoms with E-state index in [0.29, 0.717) is 38.1 Å². The van der Waals surface area contributed by atoms with Gasteiger partial charge in [0.05, 0.1) is 42.4 Å². The standard InChI is InChI=1S/C24H28F3N9O3/c25-24(26,27)16-5-6-28-17(10-16)12-30-23(38)20-14-36(34-32-20)8-2-1-7-35-13-19(31-33-35)22(37)29-11-15-9-18-3-4-21(15)39-18/h5-6,10,13-15,18,21H,1-4,7-9,11-12H2,(H,29,37)(H,30,38)/t15-,18?,21?/m0/s1. The number of fused-ring (bicyclic) bond motifs is 2. The molecule has 0 aliphatic carbocycles. The van der Waals surface area contributed by atoms with Crippen molar-refractivity contribution in [2.45, 2.75) is 70.1 Å². The monoisotopic (exact) mass is 547 g/mol. The van der Waals surface area contributed by atoms with Gasteiger partial charge in [0.15, 0.2) is 11.4 Å². The summed E-state index contributed by atoms with van der Waals surface area (Å²) in [7, 11) is 0. The molecule has 2 unspecified atom stereocenters. The molecule has 12 nitrogen and oxygen atoms in total. The van der Waals surface area contributed by atoms with Gasteiger partial charge in [0.25, 0.3) is 11.8 Å². The van der Waals surface area contributed by atoms with Crippen molar-refractivity contribution < 1.29 is 27.5 Å². The number of hydrogen-bond acceptors (Lipinski definition) is 8. The topological polar surface area (TPSA) is 142 Å². The number of aryl methyl sites for hydroxylation is 2. The van der Waals surface area contributed by atoms with Crippen LogP contribution in [0.25, 0.3) is 0 Å². The number of halogens is 3. The van der Waals surface area contributed by atoms with E-state index in [2.05, 4.69) is 36.2 Å². The van der Waals surface area contributed by atoms with Crippen LogP contribution in [0.2, 0.25) is 0 Å². The fourth-order valence-electron chi connectivity index (χ4n) is 4.86. The number of hydrogen-bond donors (Lipinski definition) is 2. The van der Waals surface area contributed by atoms with E-state index in [-0.39, 0.29) is 35.6 Å². The predicted octanol–water partition coefficient (Wildman–Crippen LogP) is 1.99. The summed E-state index contributed by atoms with van der Waals surface area (Å²) in [5.41, 5.74) is -0.439. The first-order valence-electron chi connectivity index (χ1n) is 12.8. The van der Waals surface area contributed by atoms with Gasteiger partial charge in [-0.15, -0.1) is 10.2 Å². The van der Waals surface area contributed by atoms with Gasteiger partial charge in [-0.3, -0.25) is 23.9 Å². The van der Waals surface area contributed by atoms with Gasteiger partial charge in [-0.25, -0.2) is 0 Å². The maximum absolute atomic E-state index is 12.8. The van der Waals surface area contributed by atoms with E-state index in [1.165, 1.54) is 10.9 Å². The molecule has 3 aromatic heterocycles. The molecule has 39 heavy (non-hydrogen) atoms. The fraction of sp³-hybridized carbons (Fsp3) is 0.542. The summed E-state index contributed by atoms with van der Waals surface area (Å²) in [6, 6.07) is 1.75. The van der Waals surface area contributed by atoms with Crippen LogP contribution in [0.5, 0.6) is 0 Å². The molecule has 5 rings (SSSR count). The Bertz CT molecular complexity index is 1310. The minimum atomic E-state index is -4.49. The summed E-state index contributed by atoms with van der Waals surface area (Å²) in [5, 5.41) is 21.2. The highest BCUT2D eigenvalue weighted by atomic mass is 19.4. The lowest BCUT2D eigenvalue weighted by Crippen LogP contribution is -2.33. The molecule has 15 heteroatoms. The Balaban J connectivity index is 1.01. The number of rotatable bonds is 11. The number of nitrogens with zero attached hydrogens (tertiary/aromatic N) is 7. The number of amides is 2. The highest BCUT2D eigenvalue weighted by Crippen LogP contribution is 2.38. The number of aromatic nitrogens is 7. The van der Waals surface area contributed by atoms with Crippen LogP contribution in [0.4, 0.5) is 13.2 Å². The van der Waals surface area contributed by atoms with E-state index in [0.717, 1.165) is 44.0 Å². The van der Waals surface area contributed by atoms with Gasteiger partial charge in [-0.1, -0.05) is 10.4 Å². The number of pyridine rings is 1. The zero-order valence-corrected chi connectivity index (χ0v) is 21.0. The minimum Gasteiger partial charge on any atom is -0.375 e. The zero-order chi connectivity index (χ0) is 27.4. The second-order valence-electron chi connectivity index (χ2n) is 9.74. The Kier molecular flexibility index (Phi) is 7.86. The van der Waals surface area contributed by atoms with E-state index in [1.807, 2.05) is 0 Å². The van der Waals surface area contributed by atoms with Gasteiger partial charge in [-0.2, -0.15) is 13.2 Å². The minimum absolute atomic E-state index is 0.0471. The lowest BCUT2D eigenvalue weighted by Gasteiger charge is -2.18. The smallest absolute Gasteiger partial charge is 0.375 e. The van der Waals surface area contributed by atoms with Crippen LogP contribution in [0, 0.1) is 5.92 Å². The van der Waals surface area contributed by atoms with Crippen LogP contribution in [0.1, 0.15) is 64.3 Å². The van der Waals surface area contributed by atoms with Crippen molar-refractivity contribution >= 4 is 11.8 Å². The lowest BCUT2D eigenvalue weighted by atomic mass is 9.89. The zero-order valence-electron chi connectivity index (χ0n) is 21.0. The molecule has 2 aliphatic heterocycles. The van der Waals surface area contributed by atoms with Gasteiger partial charge < -0.3 is 15.4 Å². The molecule has 2 aliphatic rings. The van der Waals surface area contributed by atoms with Crippen molar-refractivity contribution in [3.05, 3.63) is 53.4 Å². The first kappa shape index (κ1) is 26.7. The Labute approximate surface area is 221 Å². The summed E-state index contributed by atoms with van der Waals surface area (Å²) in [5.74, 6) is -0.457. The van der Waals surface area contributed by atoms with Gasteiger partial charge >= 0.3 is 6.18 Å². The molecular weight excluding hydrogens is 519 g/mol. The maximum Gasteiger partial charge on any atom is 0.416 e. The molecule has 0 radical (unpaired) electrons. The van der Waals surface area contributed by atoms with Crippen molar-refractivity contribution in [1.82, 2.24) is 45.6 Å². The van der Waals surface area contributed by atoms with E-state index < -0.39 is 17.6 Å². The molecule has 208 valence electrons. The Hall–Kier alpha value is -3.88. The van der Waals surface area contributed by atoms with E-state index in [9.17, 15) is 22.8 Å². The third kappa shape index (κ3) is 6.77. The molecule has 2 saturated heterocycles. The molecule has 0 aromatic carbocycles. The largest absolute Gasteiger partial charge is 0.416 e. The molecule has 2 amide bonds. The third-order valence-electron chi connectivity index (χ3n) is 6.90. The molecule has 2 fully saturated rings. The summed E-state index contributed by atoms with van der Waals surface area (Å²) < 4.78 is 47.4. The molecular formula is C24H28F3N9O3. The summed E-state index contributed by atoms with van der Waals surface area (Å²) in [4.78, 5) is 28.6. The molecule has 3 atom stereocenters. The van der Waals surface area contributed by atoms with Crippen LogP contribution < -0.4 is 10.6 Å². The van der Waals surface area contributed by atoms with Gasteiger partial charge in [0.2, 0.25) is 0 Å². The molecule has 0 spiro atoms. The number of unbranched alkanes of at least 4 members (excludes halogenated alkanes) is 1. The second-order valence-corrected chi connectivity index (χ2v) is 9.74. The highest BCUT2D eigenvalue weighted by molar-refractivity contribution is 5.92. The Morgan fingerprint density at radius 1 is 1.00 bits per heavy atom. The lowest BCUT2D eigenvalue weighted by molar-refractivity contribution is -0.137. The average molecular weight is 548 g/mol. The first-order valence-corrected chi connectivity index (χ1v) is 12.8. The molecule has 2 bridgehead atoms. The first-order chi connectivity index (χ1) is 18.7. The molecule has 0 saturated carbocycles. The number of carbonyl (C=O) groups excluding carboxylic acids is 2. The highest BCUT2D eigenvalue weighted by Gasteiger charge is 2.40. The van der Waals surface area contributed by atoms with Crippen LogP contribution in [-0.2, 0) is 30.5 Å². The predicted molar refractivity (Wildman–Crippen MR) is 128 cm³/mol. The van der Waals surface area contributed by atoms with E-state index >= 15 is 0 Å². The summed E-state index contributed by atoms with van der Waals surface area (Å²) >= 11 is 0. The van der Waals surface area contributed by atoms with Crippen LogP contribution in [0.3, 0.4) is 0 Å². The van der Waals surface area contributed by atoms with Crippen molar-refractivity contribution in [3.63, 3.8) is 0 Å². The van der Waals surface area contributed by atoms with Crippen LogP contribution in [0.15, 0.2) is 30.7 Å². The van der Waals surface area contributed by atoms with Gasteiger partial charge in [0.1, 0.15) is 0 Å². The number of carbonyl (C=O) groups is 2. The van der Waals surface area contributed by atoms with Gasteiger partial charge in [-0.05, 0) is 44.2 Å². The second kappa shape index (κ2) is 11.5. The van der Waals surface area contributed by atoms with Crippen molar-refractivity contribution in [1.29, 1.82) is 0 Å².